The standard InChI is InChI=1S/C11H15NO4/c1-6(5-12)7-3-8(11(15)16-2)10(14)4-9(7)13/h3-4,6,13-14H,5,12H2,1-2H3. The Balaban J connectivity index is 3.26. The number of phenols is 2. The van der Waals surface area contributed by atoms with Crippen LogP contribution in [0.1, 0.15) is 28.8 Å². The van der Waals surface area contributed by atoms with Gasteiger partial charge in [0.15, 0.2) is 0 Å². The van der Waals surface area contributed by atoms with Gasteiger partial charge in [-0.15, -0.1) is 0 Å². The van der Waals surface area contributed by atoms with E-state index in [2.05, 4.69) is 4.74 Å². The molecule has 1 atom stereocenters. The molecule has 1 unspecified atom stereocenters. The van der Waals surface area contributed by atoms with Crippen LogP contribution in [0, 0.1) is 0 Å². The fourth-order valence-corrected chi connectivity index (χ4v) is 1.39. The molecular formula is C11H15NO4. The first kappa shape index (κ1) is 12.3. The molecule has 5 nitrogen and oxygen atoms in total. The minimum Gasteiger partial charge on any atom is -0.508 e. The number of ether oxygens (including phenoxy) is 1. The molecule has 0 aliphatic heterocycles. The quantitative estimate of drug-likeness (QED) is 0.666. The molecule has 0 aromatic heterocycles. The Morgan fingerprint density at radius 2 is 2.06 bits per heavy atom. The molecule has 0 saturated carbocycles. The minimum absolute atomic E-state index is 0.0237. The van der Waals surface area contributed by atoms with Gasteiger partial charge in [-0.05, 0) is 24.1 Å². The molecule has 1 aromatic rings. The van der Waals surface area contributed by atoms with Crippen molar-refractivity contribution < 1.29 is 19.7 Å². The molecule has 0 spiro atoms. The summed E-state index contributed by atoms with van der Waals surface area (Å²) in [5, 5.41) is 19.1. The summed E-state index contributed by atoms with van der Waals surface area (Å²) in [7, 11) is 1.22. The zero-order valence-corrected chi connectivity index (χ0v) is 9.23. The van der Waals surface area contributed by atoms with Crippen LogP contribution in [0.15, 0.2) is 12.1 Å². The summed E-state index contributed by atoms with van der Waals surface area (Å²) in [4.78, 5) is 11.3. The largest absolute Gasteiger partial charge is 0.508 e. The molecule has 0 heterocycles. The molecule has 4 N–H and O–H groups in total. The summed E-state index contributed by atoms with van der Waals surface area (Å²) >= 11 is 0. The number of methoxy groups -OCH3 is 1. The SMILES string of the molecule is COC(=O)c1cc(C(C)CN)c(O)cc1O. The van der Waals surface area contributed by atoms with Crippen molar-refractivity contribution >= 4 is 5.97 Å². The lowest BCUT2D eigenvalue weighted by atomic mass is 9.97. The van der Waals surface area contributed by atoms with E-state index >= 15 is 0 Å². The van der Waals surface area contributed by atoms with Crippen molar-refractivity contribution in [3.63, 3.8) is 0 Å². The van der Waals surface area contributed by atoms with E-state index < -0.39 is 5.97 Å². The first-order chi connectivity index (χ1) is 7.51. The topological polar surface area (TPSA) is 92.8 Å². The Hall–Kier alpha value is -1.75. The van der Waals surface area contributed by atoms with E-state index in [0.717, 1.165) is 6.07 Å². The maximum absolute atomic E-state index is 11.3. The molecule has 88 valence electrons. The highest BCUT2D eigenvalue weighted by molar-refractivity contribution is 5.93. The average Bonchev–Trinajstić information content (AvgIpc) is 2.27. The summed E-state index contributed by atoms with van der Waals surface area (Å²) in [5.41, 5.74) is 6.02. The van der Waals surface area contributed by atoms with Crippen LogP contribution in [0.4, 0.5) is 0 Å². The van der Waals surface area contributed by atoms with Crippen LogP contribution >= 0.6 is 0 Å². The van der Waals surface area contributed by atoms with Gasteiger partial charge in [0, 0.05) is 6.07 Å². The monoisotopic (exact) mass is 225 g/mol. The molecule has 5 heteroatoms. The van der Waals surface area contributed by atoms with E-state index in [0.29, 0.717) is 12.1 Å². The van der Waals surface area contributed by atoms with Gasteiger partial charge in [-0.1, -0.05) is 6.92 Å². The maximum atomic E-state index is 11.3. The van der Waals surface area contributed by atoms with Crippen LogP contribution in [-0.4, -0.2) is 29.8 Å². The molecule has 0 aliphatic carbocycles. The highest BCUT2D eigenvalue weighted by Gasteiger charge is 2.18. The molecule has 0 amide bonds. The minimum atomic E-state index is -0.650. The molecule has 1 aromatic carbocycles. The third kappa shape index (κ3) is 2.25. The van der Waals surface area contributed by atoms with Crippen molar-refractivity contribution in [1.82, 2.24) is 0 Å². The molecule has 0 bridgehead atoms. The van der Waals surface area contributed by atoms with E-state index in [-0.39, 0.29) is 23.0 Å². The lowest BCUT2D eigenvalue weighted by Gasteiger charge is -2.13. The third-order valence-corrected chi connectivity index (χ3v) is 2.43. The van der Waals surface area contributed by atoms with Crippen LogP contribution in [0.5, 0.6) is 11.5 Å². The second-order valence-electron chi connectivity index (χ2n) is 3.56. The van der Waals surface area contributed by atoms with Gasteiger partial charge >= 0.3 is 5.97 Å². The Kier molecular flexibility index (Phi) is 3.73. The van der Waals surface area contributed by atoms with E-state index in [1.807, 2.05) is 6.92 Å². The molecule has 16 heavy (non-hydrogen) atoms. The average molecular weight is 225 g/mol. The number of phenolic OH excluding ortho intramolecular Hbond substituents is 2. The maximum Gasteiger partial charge on any atom is 0.341 e. The summed E-state index contributed by atoms with van der Waals surface area (Å²) in [6.07, 6.45) is 0. The predicted molar refractivity (Wildman–Crippen MR) is 58.6 cm³/mol. The number of carbonyl (C=O) groups is 1. The lowest BCUT2D eigenvalue weighted by molar-refractivity contribution is 0.0597. The van der Waals surface area contributed by atoms with Crippen molar-refractivity contribution in [2.45, 2.75) is 12.8 Å². The fraction of sp³-hybridized carbons (Fsp3) is 0.364. The van der Waals surface area contributed by atoms with Crippen LogP contribution in [0.2, 0.25) is 0 Å². The van der Waals surface area contributed by atoms with Crippen molar-refractivity contribution in [3.8, 4) is 11.5 Å². The van der Waals surface area contributed by atoms with Gasteiger partial charge in [-0.2, -0.15) is 0 Å². The Morgan fingerprint density at radius 1 is 1.44 bits per heavy atom. The second-order valence-corrected chi connectivity index (χ2v) is 3.56. The number of carbonyl (C=O) groups excluding carboxylic acids is 1. The van der Waals surface area contributed by atoms with Crippen LogP contribution < -0.4 is 5.73 Å². The van der Waals surface area contributed by atoms with Gasteiger partial charge in [0.2, 0.25) is 0 Å². The highest BCUT2D eigenvalue weighted by atomic mass is 16.5. The van der Waals surface area contributed by atoms with Crippen LogP contribution in [-0.2, 0) is 4.74 Å². The van der Waals surface area contributed by atoms with E-state index in [9.17, 15) is 15.0 Å². The molecule has 0 radical (unpaired) electrons. The van der Waals surface area contributed by atoms with Crippen molar-refractivity contribution in [2.24, 2.45) is 5.73 Å². The highest BCUT2D eigenvalue weighted by Crippen LogP contribution is 2.32. The number of aromatic hydroxyl groups is 2. The second kappa shape index (κ2) is 4.85. The van der Waals surface area contributed by atoms with Gasteiger partial charge in [0.05, 0.1) is 7.11 Å². The van der Waals surface area contributed by atoms with Crippen molar-refractivity contribution in [2.75, 3.05) is 13.7 Å². The molecular weight excluding hydrogens is 210 g/mol. The molecule has 0 saturated heterocycles. The van der Waals surface area contributed by atoms with E-state index in [1.54, 1.807) is 0 Å². The normalized spacial score (nSPS) is 12.2. The number of rotatable bonds is 3. The first-order valence-corrected chi connectivity index (χ1v) is 4.85. The van der Waals surface area contributed by atoms with Crippen molar-refractivity contribution in [1.29, 1.82) is 0 Å². The summed E-state index contributed by atoms with van der Waals surface area (Å²) < 4.78 is 4.51. The molecule has 1 rings (SSSR count). The molecule has 0 aliphatic rings. The Morgan fingerprint density at radius 3 is 2.56 bits per heavy atom. The summed E-state index contributed by atoms with van der Waals surface area (Å²) in [6.45, 7) is 2.14. The summed E-state index contributed by atoms with van der Waals surface area (Å²) in [5.74, 6) is -1.15. The number of esters is 1. The zero-order chi connectivity index (χ0) is 12.3. The number of hydrogen-bond acceptors (Lipinski definition) is 5. The van der Waals surface area contributed by atoms with E-state index in [1.165, 1.54) is 13.2 Å². The van der Waals surface area contributed by atoms with Gasteiger partial charge in [0.1, 0.15) is 17.1 Å². The van der Waals surface area contributed by atoms with Gasteiger partial charge in [-0.3, -0.25) is 0 Å². The number of nitrogens with two attached hydrogens (primary N) is 1. The zero-order valence-electron chi connectivity index (χ0n) is 9.23. The lowest BCUT2D eigenvalue weighted by Crippen LogP contribution is -2.10. The fourth-order valence-electron chi connectivity index (χ4n) is 1.39. The van der Waals surface area contributed by atoms with Crippen LogP contribution in [0.25, 0.3) is 0 Å². The van der Waals surface area contributed by atoms with Gasteiger partial charge in [0.25, 0.3) is 0 Å². The van der Waals surface area contributed by atoms with Crippen molar-refractivity contribution in [3.05, 3.63) is 23.3 Å². The predicted octanol–water partition coefficient (Wildman–Crippen LogP) is 0.947. The first-order valence-electron chi connectivity index (χ1n) is 4.85. The smallest absolute Gasteiger partial charge is 0.341 e. The summed E-state index contributed by atoms with van der Waals surface area (Å²) in [6, 6.07) is 2.52. The van der Waals surface area contributed by atoms with Gasteiger partial charge < -0.3 is 20.7 Å². The number of benzene rings is 1. The Labute approximate surface area is 93.5 Å². The number of hydrogen-bond donors (Lipinski definition) is 3. The third-order valence-electron chi connectivity index (χ3n) is 2.43. The Bertz CT molecular complexity index is 403. The van der Waals surface area contributed by atoms with E-state index in [4.69, 9.17) is 5.73 Å². The van der Waals surface area contributed by atoms with Gasteiger partial charge in [-0.25, -0.2) is 4.79 Å². The van der Waals surface area contributed by atoms with Crippen LogP contribution in [0.3, 0.4) is 0 Å². The molecule has 0 fully saturated rings.